The minimum Gasteiger partial charge on any atom is -0.394 e. The number of aliphatic hydroxyl groups is 1. The van der Waals surface area contributed by atoms with Crippen LogP contribution in [-0.4, -0.2) is 50.9 Å². The van der Waals surface area contributed by atoms with Crippen molar-refractivity contribution in [3.05, 3.63) is 0 Å². The van der Waals surface area contributed by atoms with Gasteiger partial charge in [-0.15, -0.1) is 0 Å². The molecule has 0 aromatic rings. The second-order valence-corrected chi connectivity index (χ2v) is 4.40. The van der Waals surface area contributed by atoms with Crippen molar-refractivity contribution in [2.45, 2.75) is 52.1 Å². The molecule has 0 aliphatic rings. The van der Waals surface area contributed by atoms with E-state index in [0.717, 1.165) is 25.9 Å². The Hall–Kier alpha value is -0.160. The standard InChI is InChI=1S/C14H30O4/c1-3-5-7-14(18-9-6-4-2)13-17-12-11-16-10-8-15/h14-15H,3-13H2,1-2H3. The van der Waals surface area contributed by atoms with Crippen LogP contribution in [-0.2, 0) is 14.2 Å². The molecule has 0 heterocycles. The molecule has 0 saturated carbocycles. The molecule has 1 unspecified atom stereocenters. The Morgan fingerprint density at radius 2 is 1.61 bits per heavy atom. The molecule has 110 valence electrons. The molecule has 1 atom stereocenters. The highest BCUT2D eigenvalue weighted by molar-refractivity contribution is 4.57. The molecule has 0 aromatic carbocycles. The van der Waals surface area contributed by atoms with E-state index in [9.17, 15) is 0 Å². The minimum absolute atomic E-state index is 0.0687. The van der Waals surface area contributed by atoms with Gasteiger partial charge in [0.2, 0.25) is 0 Å². The van der Waals surface area contributed by atoms with Crippen molar-refractivity contribution in [2.75, 3.05) is 39.6 Å². The first-order valence-corrected chi connectivity index (χ1v) is 7.23. The molecule has 4 nitrogen and oxygen atoms in total. The van der Waals surface area contributed by atoms with Crippen molar-refractivity contribution < 1.29 is 19.3 Å². The lowest BCUT2D eigenvalue weighted by Gasteiger charge is -2.17. The van der Waals surface area contributed by atoms with Crippen LogP contribution in [0.2, 0.25) is 0 Å². The topological polar surface area (TPSA) is 47.9 Å². The number of rotatable bonds is 14. The predicted molar refractivity (Wildman–Crippen MR) is 72.9 cm³/mol. The molecule has 0 radical (unpaired) electrons. The van der Waals surface area contributed by atoms with Gasteiger partial charge in [0.05, 0.1) is 39.1 Å². The fraction of sp³-hybridized carbons (Fsp3) is 1.00. The van der Waals surface area contributed by atoms with E-state index in [-0.39, 0.29) is 12.7 Å². The summed E-state index contributed by atoms with van der Waals surface area (Å²) in [7, 11) is 0. The summed E-state index contributed by atoms with van der Waals surface area (Å²) in [4.78, 5) is 0. The third-order valence-corrected chi connectivity index (χ3v) is 2.64. The van der Waals surface area contributed by atoms with Gasteiger partial charge in [-0.1, -0.05) is 33.1 Å². The Morgan fingerprint density at radius 1 is 0.889 bits per heavy atom. The summed E-state index contributed by atoms with van der Waals surface area (Å²) in [5.41, 5.74) is 0. The number of aliphatic hydroxyl groups excluding tert-OH is 1. The molecular formula is C14H30O4. The maximum absolute atomic E-state index is 8.54. The average molecular weight is 262 g/mol. The third kappa shape index (κ3) is 12.3. The molecule has 1 N–H and O–H groups in total. The molecule has 0 aliphatic carbocycles. The normalized spacial score (nSPS) is 12.8. The molecule has 0 saturated heterocycles. The number of ether oxygens (including phenoxy) is 3. The second kappa shape index (κ2) is 14.9. The number of unbranched alkanes of at least 4 members (excludes halogenated alkanes) is 2. The van der Waals surface area contributed by atoms with Crippen LogP contribution < -0.4 is 0 Å². The summed E-state index contributed by atoms with van der Waals surface area (Å²) in [6, 6.07) is 0. The molecule has 0 aromatic heterocycles. The van der Waals surface area contributed by atoms with Crippen molar-refractivity contribution in [3.63, 3.8) is 0 Å². The Bertz CT molecular complexity index is 153. The van der Waals surface area contributed by atoms with Gasteiger partial charge in [0.1, 0.15) is 0 Å². The molecule has 4 heteroatoms. The third-order valence-electron chi connectivity index (χ3n) is 2.64. The zero-order valence-corrected chi connectivity index (χ0v) is 12.0. The largest absolute Gasteiger partial charge is 0.394 e. The highest BCUT2D eigenvalue weighted by atomic mass is 16.5. The summed E-state index contributed by atoms with van der Waals surface area (Å²) in [5.74, 6) is 0. The van der Waals surface area contributed by atoms with E-state index in [1.165, 1.54) is 12.8 Å². The van der Waals surface area contributed by atoms with E-state index < -0.39 is 0 Å². The van der Waals surface area contributed by atoms with Gasteiger partial charge in [-0.2, -0.15) is 0 Å². The van der Waals surface area contributed by atoms with E-state index >= 15 is 0 Å². The van der Waals surface area contributed by atoms with Crippen molar-refractivity contribution in [2.24, 2.45) is 0 Å². The summed E-state index contributed by atoms with van der Waals surface area (Å²) in [5, 5.41) is 8.54. The lowest BCUT2D eigenvalue weighted by molar-refractivity contribution is -0.0376. The molecule has 18 heavy (non-hydrogen) atoms. The summed E-state index contributed by atoms with van der Waals surface area (Å²) in [6.07, 6.45) is 5.93. The Morgan fingerprint density at radius 3 is 2.28 bits per heavy atom. The van der Waals surface area contributed by atoms with Crippen molar-refractivity contribution in [1.29, 1.82) is 0 Å². The molecule has 0 rings (SSSR count). The van der Waals surface area contributed by atoms with Crippen LogP contribution in [0.3, 0.4) is 0 Å². The van der Waals surface area contributed by atoms with Crippen LogP contribution in [0.25, 0.3) is 0 Å². The van der Waals surface area contributed by atoms with Crippen LogP contribution in [0, 0.1) is 0 Å². The van der Waals surface area contributed by atoms with Crippen molar-refractivity contribution in [1.82, 2.24) is 0 Å². The van der Waals surface area contributed by atoms with Crippen LogP contribution >= 0.6 is 0 Å². The first kappa shape index (κ1) is 17.8. The van der Waals surface area contributed by atoms with Crippen molar-refractivity contribution >= 4 is 0 Å². The average Bonchev–Trinajstić information content (AvgIpc) is 2.39. The van der Waals surface area contributed by atoms with E-state index in [1.54, 1.807) is 0 Å². The van der Waals surface area contributed by atoms with Crippen molar-refractivity contribution in [3.8, 4) is 0 Å². The number of hydrogen-bond acceptors (Lipinski definition) is 4. The van der Waals surface area contributed by atoms with E-state index in [2.05, 4.69) is 13.8 Å². The highest BCUT2D eigenvalue weighted by Gasteiger charge is 2.08. The molecule has 0 fully saturated rings. The Balaban J connectivity index is 3.51. The first-order valence-electron chi connectivity index (χ1n) is 7.23. The minimum atomic E-state index is 0.0687. The first-order chi connectivity index (χ1) is 8.85. The van der Waals surface area contributed by atoms with Gasteiger partial charge < -0.3 is 19.3 Å². The van der Waals surface area contributed by atoms with Gasteiger partial charge in [-0.3, -0.25) is 0 Å². The molecule has 0 spiro atoms. The predicted octanol–water partition coefficient (Wildman–Crippen LogP) is 2.39. The Kier molecular flexibility index (Phi) is 14.8. The molecule has 0 bridgehead atoms. The second-order valence-electron chi connectivity index (χ2n) is 4.40. The van der Waals surface area contributed by atoms with Crippen LogP contribution in [0.4, 0.5) is 0 Å². The molecular weight excluding hydrogens is 232 g/mol. The SMILES string of the molecule is CCCCOC(CCCC)COCCOCCO. The van der Waals surface area contributed by atoms with Crippen LogP contribution in [0.15, 0.2) is 0 Å². The van der Waals surface area contributed by atoms with Gasteiger partial charge in [-0.25, -0.2) is 0 Å². The fourth-order valence-corrected chi connectivity index (χ4v) is 1.54. The van der Waals surface area contributed by atoms with Crippen LogP contribution in [0.5, 0.6) is 0 Å². The van der Waals surface area contributed by atoms with E-state index in [4.69, 9.17) is 19.3 Å². The van der Waals surface area contributed by atoms with E-state index in [0.29, 0.717) is 26.4 Å². The fourth-order valence-electron chi connectivity index (χ4n) is 1.54. The quantitative estimate of drug-likeness (QED) is 0.488. The van der Waals surface area contributed by atoms with Gasteiger partial charge in [0.25, 0.3) is 0 Å². The van der Waals surface area contributed by atoms with E-state index in [1.807, 2.05) is 0 Å². The zero-order valence-electron chi connectivity index (χ0n) is 12.0. The zero-order chi connectivity index (χ0) is 13.5. The summed E-state index contributed by atoms with van der Waals surface area (Å²) >= 11 is 0. The maximum atomic E-state index is 8.54. The smallest absolute Gasteiger partial charge is 0.0808 e. The summed E-state index contributed by atoms with van der Waals surface area (Å²) in [6.45, 7) is 7.39. The highest BCUT2D eigenvalue weighted by Crippen LogP contribution is 2.06. The van der Waals surface area contributed by atoms with Gasteiger partial charge in [0, 0.05) is 6.61 Å². The van der Waals surface area contributed by atoms with Crippen LogP contribution in [0.1, 0.15) is 46.0 Å². The molecule has 0 aliphatic heterocycles. The van der Waals surface area contributed by atoms with Gasteiger partial charge in [-0.05, 0) is 12.8 Å². The molecule has 0 amide bonds. The monoisotopic (exact) mass is 262 g/mol. The lowest BCUT2D eigenvalue weighted by Crippen LogP contribution is -2.22. The van der Waals surface area contributed by atoms with Gasteiger partial charge >= 0.3 is 0 Å². The number of hydrogen-bond donors (Lipinski definition) is 1. The van der Waals surface area contributed by atoms with Gasteiger partial charge in [0.15, 0.2) is 0 Å². The maximum Gasteiger partial charge on any atom is 0.0808 e. The Labute approximate surface area is 112 Å². The summed E-state index contributed by atoms with van der Waals surface area (Å²) < 4.78 is 16.5. The lowest BCUT2D eigenvalue weighted by atomic mass is 10.2.